The lowest BCUT2D eigenvalue weighted by Gasteiger charge is -2.14. The van der Waals surface area contributed by atoms with Crippen molar-refractivity contribution in [1.29, 1.82) is 5.26 Å². The summed E-state index contributed by atoms with van der Waals surface area (Å²) in [5.41, 5.74) is 12.6. The van der Waals surface area contributed by atoms with Crippen molar-refractivity contribution in [3.05, 3.63) is 193 Å². The van der Waals surface area contributed by atoms with Crippen LogP contribution in [0.3, 0.4) is 0 Å². The molecular weight excluding hydrogens is 671 g/mol. The Hall–Kier alpha value is -7.86. The van der Waals surface area contributed by atoms with Gasteiger partial charge in [0.15, 0.2) is 5.69 Å². The van der Waals surface area contributed by atoms with E-state index in [2.05, 4.69) is 170 Å². The molecule has 0 saturated heterocycles. The second kappa shape index (κ2) is 11.8. The Morgan fingerprint density at radius 1 is 0.400 bits per heavy atom. The number of para-hydroxylation sites is 4. The van der Waals surface area contributed by atoms with Crippen LogP contribution in [-0.2, 0) is 0 Å². The van der Waals surface area contributed by atoms with Crippen LogP contribution < -0.4 is 0 Å². The summed E-state index contributed by atoms with van der Waals surface area (Å²) in [5.74, 6) is 0. The van der Waals surface area contributed by atoms with Gasteiger partial charge in [0.2, 0.25) is 0 Å². The van der Waals surface area contributed by atoms with Gasteiger partial charge >= 0.3 is 0 Å². The average molecular weight is 700 g/mol. The highest BCUT2D eigenvalue weighted by atomic mass is 15.0. The Kier molecular flexibility index (Phi) is 6.61. The molecule has 55 heavy (non-hydrogen) atoms. The van der Waals surface area contributed by atoms with Gasteiger partial charge in [0, 0.05) is 38.3 Å². The zero-order valence-corrected chi connectivity index (χ0v) is 29.5. The summed E-state index contributed by atoms with van der Waals surface area (Å²) in [7, 11) is 0. The molecule has 0 aliphatic carbocycles. The van der Waals surface area contributed by atoms with Crippen molar-refractivity contribution < 1.29 is 0 Å². The molecule has 0 aliphatic rings. The van der Waals surface area contributed by atoms with Gasteiger partial charge in [-0.05, 0) is 89.3 Å². The molecule has 0 spiro atoms. The van der Waals surface area contributed by atoms with Crippen molar-refractivity contribution in [3.63, 3.8) is 0 Å². The summed E-state index contributed by atoms with van der Waals surface area (Å²) in [6, 6.07) is 63.8. The van der Waals surface area contributed by atoms with Crippen molar-refractivity contribution >= 4 is 71.1 Å². The van der Waals surface area contributed by atoms with Crippen LogP contribution in [0.15, 0.2) is 176 Å². The Labute approximate surface area is 316 Å². The van der Waals surface area contributed by atoms with E-state index in [1.165, 1.54) is 32.6 Å². The quantitative estimate of drug-likeness (QED) is 0.169. The number of hydrogen-bond donors (Lipinski definition) is 0. The summed E-state index contributed by atoms with van der Waals surface area (Å²) in [6.07, 6.45) is 0. The largest absolute Gasteiger partial charge is 0.309 e. The molecular formula is C50H29N5. The van der Waals surface area contributed by atoms with Crippen LogP contribution in [0.1, 0.15) is 5.56 Å². The predicted octanol–water partition coefficient (Wildman–Crippen LogP) is 13.1. The van der Waals surface area contributed by atoms with E-state index >= 15 is 0 Å². The van der Waals surface area contributed by atoms with E-state index in [9.17, 15) is 5.26 Å². The Morgan fingerprint density at radius 3 is 1.45 bits per heavy atom. The third-order valence-corrected chi connectivity index (χ3v) is 11.1. The van der Waals surface area contributed by atoms with Crippen molar-refractivity contribution in [2.75, 3.05) is 0 Å². The molecule has 8 aromatic carbocycles. The molecule has 0 atom stereocenters. The first-order chi connectivity index (χ1) is 27.2. The molecule has 11 aromatic rings. The standard InChI is InChI=1S/C50H29N5/c1-52-35-22-27-48-43(29-35)42-26-25-37(54-46-16-8-4-12-40(46)41-13-5-9-17-47(41)54)30-50(42)55(48)49-28-33(18-19-34(49)31-51)32-20-23-36(24-21-32)53-44-14-6-2-10-38(44)39-11-3-7-15-45(39)53/h2-30H. The van der Waals surface area contributed by atoms with E-state index in [-0.39, 0.29) is 0 Å². The van der Waals surface area contributed by atoms with E-state index in [1.54, 1.807) is 0 Å². The number of nitriles is 1. The van der Waals surface area contributed by atoms with E-state index in [0.717, 1.165) is 61.0 Å². The van der Waals surface area contributed by atoms with Crippen molar-refractivity contribution in [3.8, 4) is 34.3 Å². The van der Waals surface area contributed by atoms with Gasteiger partial charge in [-0.15, -0.1) is 0 Å². The highest BCUT2D eigenvalue weighted by Crippen LogP contribution is 2.40. The number of aromatic nitrogens is 3. The lowest BCUT2D eigenvalue weighted by atomic mass is 10.0. The van der Waals surface area contributed by atoms with Gasteiger partial charge in [-0.25, -0.2) is 4.85 Å². The maximum Gasteiger partial charge on any atom is 0.188 e. The smallest absolute Gasteiger partial charge is 0.188 e. The third-order valence-electron chi connectivity index (χ3n) is 11.1. The normalized spacial score (nSPS) is 11.6. The Bertz CT molecular complexity index is 3350. The minimum atomic E-state index is 0.570. The van der Waals surface area contributed by atoms with Crippen molar-refractivity contribution in [1.82, 2.24) is 13.7 Å². The summed E-state index contributed by atoms with van der Waals surface area (Å²) >= 11 is 0. The minimum Gasteiger partial charge on any atom is -0.309 e. The second-order valence-electron chi connectivity index (χ2n) is 14.0. The van der Waals surface area contributed by atoms with Gasteiger partial charge in [0.05, 0.1) is 50.9 Å². The highest BCUT2D eigenvalue weighted by molar-refractivity contribution is 6.13. The van der Waals surface area contributed by atoms with E-state index in [0.29, 0.717) is 11.3 Å². The summed E-state index contributed by atoms with van der Waals surface area (Å²) < 4.78 is 6.84. The number of fused-ring (bicyclic) bond motifs is 9. The van der Waals surface area contributed by atoms with Crippen LogP contribution in [0.5, 0.6) is 0 Å². The van der Waals surface area contributed by atoms with E-state index < -0.39 is 0 Å². The first-order valence-corrected chi connectivity index (χ1v) is 18.3. The van der Waals surface area contributed by atoms with Gasteiger partial charge in [-0.1, -0.05) is 103 Å². The number of rotatable bonds is 4. The lowest BCUT2D eigenvalue weighted by molar-refractivity contribution is 1.15. The first-order valence-electron chi connectivity index (χ1n) is 18.3. The number of benzene rings is 8. The van der Waals surface area contributed by atoms with E-state index in [4.69, 9.17) is 6.57 Å². The molecule has 5 heteroatoms. The fraction of sp³-hybridized carbons (Fsp3) is 0. The second-order valence-corrected chi connectivity index (χ2v) is 14.0. The monoisotopic (exact) mass is 699 g/mol. The van der Waals surface area contributed by atoms with Gasteiger partial charge in [0.1, 0.15) is 6.07 Å². The topological polar surface area (TPSA) is 42.9 Å². The van der Waals surface area contributed by atoms with Crippen LogP contribution in [0, 0.1) is 17.9 Å². The molecule has 0 unspecified atom stereocenters. The first kappa shape index (κ1) is 30.7. The maximum atomic E-state index is 10.6. The fourth-order valence-electron chi connectivity index (χ4n) is 8.66. The predicted molar refractivity (Wildman–Crippen MR) is 226 cm³/mol. The zero-order chi connectivity index (χ0) is 36.6. The molecule has 0 bridgehead atoms. The molecule has 3 heterocycles. The molecule has 0 aliphatic heterocycles. The summed E-state index contributed by atoms with van der Waals surface area (Å²) in [5, 5.41) is 17.4. The molecule has 0 fully saturated rings. The van der Waals surface area contributed by atoms with Crippen LogP contribution in [0.25, 0.3) is 98.5 Å². The van der Waals surface area contributed by atoms with E-state index in [1.807, 2.05) is 30.3 Å². The lowest BCUT2D eigenvalue weighted by Crippen LogP contribution is -2.00. The van der Waals surface area contributed by atoms with Gasteiger partial charge < -0.3 is 13.7 Å². The van der Waals surface area contributed by atoms with Gasteiger partial charge in [0.25, 0.3) is 0 Å². The Balaban J connectivity index is 1.11. The molecule has 5 nitrogen and oxygen atoms in total. The molecule has 254 valence electrons. The SMILES string of the molecule is [C-]#[N+]c1ccc2c(c1)c1ccc(-n3c4ccccc4c4ccccc43)cc1n2-c1cc(-c2ccc(-n3c4ccccc4c4ccccc43)cc2)ccc1C#N. The molecule has 3 aromatic heterocycles. The van der Waals surface area contributed by atoms with Crippen LogP contribution in [0.4, 0.5) is 5.69 Å². The molecule has 0 saturated carbocycles. The Morgan fingerprint density at radius 2 is 0.891 bits per heavy atom. The summed E-state index contributed by atoms with van der Waals surface area (Å²) in [6.45, 7) is 7.78. The average Bonchev–Trinajstić information content (AvgIpc) is 3.88. The molecule has 0 amide bonds. The minimum absolute atomic E-state index is 0.570. The zero-order valence-electron chi connectivity index (χ0n) is 29.5. The van der Waals surface area contributed by atoms with Gasteiger partial charge in [-0.3, -0.25) is 0 Å². The fourth-order valence-corrected chi connectivity index (χ4v) is 8.66. The molecule has 11 rings (SSSR count). The highest BCUT2D eigenvalue weighted by Gasteiger charge is 2.19. The van der Waals surface area contributed by atoms with Crippen LogP contribution in [0.2, 0.25) is 0 Å². The van der Waals surface area contributed by atoms with Crippen LogP contribution >= 0.6 is 0 Å². The third kappa shape index (κ3) is 4.51. The number of hydrogen-bond acceptors (Lipinski definition) is 1. The number of nitrogens with zero attached hydrogens (tertiary/aromatic N) is 5. The van der Waals surface area contributed by atoms with Crippen LogP contribution in [-0.4, -0.2) is 13.7 Å². The maximum absolute atomic E-state index is 10.6. The molecule has 0 N–H and O–H groups in total. The van der Waals surface area contributed by atoms with Crippen molar-refractivity contribution in [2.45, 2.75) is 0 Å². The summed E-state index contributed by atoms with van der Waals surface area (Å²) in [4.78, 5) is 3.76. The molecule has 0 radical (unpaired) electrons. The van der Waals surface area contributed by atoms with Gasteiger partial charge in [-0.2, -0.15) is 5.26 Å². The van der Waals surface area contributed by atoms with Crippen molar-refractivity contribution in [2.24, 2.45) is 0 Å².